The Labute approximate surface area is 193 Å². The molecule has 0 radical (unpaired) electrons. The van der Waals surface area contributed by atoms with Crippen molar-refractivity contribution in [2.75, 3.05) is 44.7 Å². The van der Waals surface area contributed by atoms with Gasteiger partial charge in [-0.25, -0.2) is 9.31 Å². The Hall–Kier alpha value is -3.01. The molecule has 174 valence electrons. The van der Waals surface area contributed by atoms with Crippen LogP contribution in [0.2, 0.25) is 0 Å². The largest absolute Gasteiger partial charge is 0.465 e. The maximum Gasteiger partial charge on any atom is 0.411 e. The maximum absolute atomic E-state index is 10.9. The van der Waals surface area contributed by atoms with E-state index in [0.717, 1.165) is 57.2 Å². The van der Waals surface area contributed by atoms with Crippen LogP contribution in [0.3, 0.4) is 0 Å². The molecule has 6 rings (SSSR count). The summed E-state index contributed by atoms with van der Waals surface area (Å²) in [4.78, 5) is 20.1. The highest BCUT2D eigenvalue weighted by molar-refractivity contribution is 5.80. The normalized spacial score (nSPS) is 18.9. The van der Waals surface area contributed by atoms with Crippen LogP contribution >= 0.6 is 0 Å². The van der Waals surface area contributed by atoms with Crippen molar-refractivity contribution in [1.29, 1.82) is 0 Å². The summed E-state index contributed by atoms with van der Waals surface area (Å²) in [7, 11) is 0. The first-order valence-electron chi connectivity index (χ1n) is 11.6. The summed E-state index contributed by atoms with van der Waals surface area (Å²) in [6.07, 6.45) is 3.32. The van der Waals surface area contributed by atoms with Gasteiger partial charge in [-0.1, -0.05) is 49.6 Å². The second kappa shape index (κ2) is 9.86. The number of morpholine rings is 1. The molecule has 1 aliphatic carbocycles. The van der Waals surface area contributed by atoms with Crippen molar-refractivity contribution < 1.29 is 14.6 Å². The molecule has 3 fully saturated rings. The summed E-state index contributed by atoms with van der Waals surface area (Å²) in [6.45, 7) is 6.96. The van der Waals surface area contributed by atoms with Gasteiger partial charge in [0, 0.05) is 44.3 Å². The zero-order valence-corrected chi connectivity index (χ0v) is 18.7. The third-order valence-electron chi connectivity index (χ3n) is 6.09. The van der Waals surface area contributed by atoms with Crippen LogP contribution < -0.4 is 5.32 Å². The number of carbonyl (C=O) groups is 1. The molecule has 4 heterocycles. The monoisotopic (exact) mass is 450 g/mol. The molecule has 1 amide bonds. The van der Waals surface area contributed by atoms with E-state index in [2.05, 4.69) is 49.5 Å². The molecule has 2 aliphatic heterocycles. The first-order valence-corrected chi connectivity index (χ1v) is 11.6. The second-order valence-corrected chi connectivity index (χ2v) is 8.80. The number of fused-ring (bicyclic) bond motifs is 1. The van der Waals surface area contributed by atoms with E-state index in [-0.39, 0.29) is 5.95 Å². The SMILES string of the molecule is C1CC1.O=C(O)Nc1nc2cccc(-c3ccc(CN4CC(N5CCOCC5)C4)cc3)n2n1. The summed E-state index contributed by atoms with van der Waals surface area (Å²) in [5.74, 6) is 0.0687. The fraction of sp³-hybridized carbons (Fsp3) is 0.458. The second-order valence-electron chi connectivity index (χ2n) is 8.80. The van der Waals surface area contributed by atoms with Crippen LogP contribution in [0, 0.1) is 0 Å². The van der Waals surface area contributed by atoms with Crippen LogP contribution in [0.25, 0.3) is 16.9 Å². The number of nitrogens with zero attached hydrogens (tertiary/aromatic N) is 5. The highest BCUT2D eigenvalue weighted by atomic mass is 16.5. The van der Waals surface area contributed by atoms with Gasteiger partial charge >= 0.3 is 6.09 Å². The lowest BCUT2D eigenvalue weighted by molar-refractivity contribution is -0.0344. The number of hydrogen-bond acceptors (Lipinski definition) is 6. The average molecular weight is 451 g/mol. The number of benzene rings is 1. The van der Waals surface area contributed by atoms with E-state index in [1.165, 1.54) is 24.8 Å². The highest BCUT2D eigenvalue weighted by Gasteiger charge is 2.32. The smallest absolute Gasteiger partial charge is 0.411 e. The molecule has 2 saturated heterocycles. The van der Waals surface area contributed by atoms with Crippen LogP contribution in [0.15, 0.2) is 42.5 Å². The molecule has 2 N–H and O–H groups in total. The molecular weight excluding hydrogens is 420 g/mol. The number of rotatable bonds is 5. The molecule has 3 aliphatic rings. The quantitative estimate of drug-likeness (QED) is 0.616. The van der Waals surface area contributed by atoms with E-state index >= 15 is 0 Å². The van der Waals surface area contributed by atoms with E-state index in [9.17, 15) is 4.79 Å². The Morgan fingerprint density at radius 3 is 2.45 bits per heavy atom. The number of amides is 1. The molecule has 0 bridgehead atoms. The zero-order chi connectivity index (χ0) is 22.6. The molecule has 3 aromatic rings. The molecule has 0 spiro atoms. The van der Waals surface area contributed by atoms with Gasteiger partial charge in [-0.15, -0.1) is 5.10 Å². The molecule has 9 heteroatoms. The summed E-state index contributed by atoms with van der Waals surface area (Å²) in [6, 6.07) is 14.7. The predicted octanol–water partition coefficient (Wildman–Crippen LogP) is 3.17. The average Bonchev–Trinajstić information content (AvgIpc) is 3.63. The third kappa shape index (κ3) is 5.50. The van der Waals surface area contributed by atoms with Gasteiger partial charge in [-0.3, -0.25) is 15.1 Å². The van der Waals surface area contributed by atoms with E-state index in [1.54, 1.807) is 10.6 Å². The molecule has 33 heavy (non-hydrogen) atoms. The Kier molecular flexibility index (Phi) is 6.52. The molecule has 1 aromatic carbocycles. The molecule has 1 saturated carbocycles. The Morgan fingerprint density at radius 2 is 1.79 bits per heavy atom. The van der Waals surface area contributed by atoms with Crippen LogP contribution in [0.4, 0.5) is 10.7 Å². The van der Waals surface area contributed by atoms with Gasteiger partial charge in [-0.05, 0) is 17.7 Å². The van der Waals surface area contributed by atoms with Gasteiger partial charge in [-0.2, -0.15) is 4.98 Å². The van der Waals surface area contributed by atoms with E-state index in [0.29, 0.717) is 11.7 Å². The van der Waals surface area contributed by atoms with Gasteiger partial charge < -0.3 is 9.84 Å². The summed E-state index contributed by atoms with van der Waals surface area (Å²) >= 11 is 0. The van der Waals surface area contributed by atoms with Crippen molar-refractivity contribution in [2.24, 2.45) is 0 Å². The van der Waals surface area contributed by atoms with Crippen LogP contribution in [0.5, 0.6) is 0 Å². The molecule has 9 nitrogen and oxygen atoms in total. The minimum Gasteiger partial charge on any atom is -0.465 e. The molecule has 0 atom stereocenters. The standard InChI is InChI=1S/C21H24N6O3.C3H6/c28-21(29)23-20-22-19-3-1-2-18(27(19)24-20)16-6-4-15(5-7-16)12-25-13-17(14-25)26-8-10-30-11-9-26;1-2-3-1/h1-7,17H,8-14H2,(H,23,24)(H,28,29);1-3H2. The minimum absolute atomic E-state index is 0.0687. The van der Waals surface area contributed by atoms with Crippen LogP contribution in [-0.2, 0) is 11.3 Å². The van der Waals surface area contributed by atoms with Gasteiger partial charge in [0.25, 0.3) is 5.95 Å². The number of nitrogens with one attached hydrogen (secondary N) is 1. The number of ether oxygens (including phenoxy) is 1. The highest BCUT2D eigenvalue weighted by Crippen LogP contribution is 2.24. The van der Waals surface area contributed by atoms with Crippen molar-refractivity contribution in [1.82, 2.24) is 24.4 Å². The number of anilines is 1. The minimum atomic E-state index is -1.18. The molecule has 2 aromatic heterocycles. The number of likely N-dealkylation sites (tertiary alicyclic amines) is 1. The van der Waals surface area contributed by atoms with Crippen molar-refractivity contribution in [3.05, 3.63) is 48.0 Å². The summed E-state index contributed by atoms with van der Waals surface area (Å²) in [5, 5.41) is 15.4. The molecular formula is C24H30N6O3. The zero-order valence-electron chi connectivity index (χ0n) is 18.7. The lowest BCUT2D eigenvalue weighted by Crippen LogP contribution is -2.60. The topological polar surface area (TPSA) is 95.2 Å². The predicted molar refractivity (Wildman–Crippen MR) is 125 cm³/mol. The third-order valence-corrected chi connectivity index (χ3v) is 6.09. The number of hydrogen-bond donors (Lipinski definition) is 2. The van der Waals surface area contributed by atoms with Crippen molar-refractivity contribution >= 4 is 17.7 Å². The Balaban J connectivity index is 0.000000705. The van der Waals surface area contributed by atoms with Crippen molar-refractivity contribution in [3.63, 3.8) is 0 Å². The lowest BCUT2D eigenvalue weighted by atomic mass is 10.0. The summed E-state index contributed by atoms with van der Waals surface area (Å²) in [5.41, 5.74) is 3.74. The fourth-order valence-corrected chi connectivity index (χ4v) is 4.16. The van der Waals surface area contributed by atoms with E-state index in [4.69, 9.17) is 9.84 Å². The van der Waals surface area contributed by atoms with Gasteiger partial charge in [0.05, 0.1) is 18.9 Å². The number of carboxylic acid groups (broad SMARTS) is 1. The maximum atomic E-state index is 10.9. The van der Waals surface area contributed by atoms with Gasteiger partial charge in [0.1, 0.15) is 0 Å². The van der Waals surface area contributed by atoms with Crippen LogP contribution in [-0.4, -0.2) is 81.0 Å². The number of aromatic nitrogens is 3. The van der Waals surface area contributed by atoms with Crippen molar-refractivity contribution in [2.45, 2.75) is 31.8 Å². The van der Waals surface area contributed by atoms with Gasteiger partial charge in [0.2, 0.25) is 0 Å². The summed E-state index contributed by atoms with van der Waals surface area (Å²) < 4.78 is 7.09. The lowest BCUT2D eigenvalue weighted by Gasteiger charge is -2.46. The Bertz CT molecular complexity index is 1080. The first-order chi connectivity index (χ1) is 16.2. The van der Waals surface area contributed by atoms with Crippen LogP contribution in [0.1, 0.15) is 24.8 Å². The van der Waals surface area contributed by atoms with E-state index in [1.807, 2.05) is 12.1 Å². The van der Waals surface area contributed by atoms with E-state index < -0.39 is 6.09 Å². The van der Waals surface area contributed by atoms with Crippen molar-refractivity contribution in [3.8, 4) is 11.3 Å². The molecule has 0 unspecified atom stereocenters. The fourth-order valence-electron chi connectivity index (χ4n) is 4.16. The Morgan fingerprint density at radius 1 is 1.06 bits per heavy atom. The first kappa shape index (κ1) is 21.8. The number of pyridine rings is 1. The van der Waals surface area contributed by atoms with Gasteiger partial charge in [0.15, 0.2) is 5.65 Å².